The number of rotatable bonds is 10. The Labute approximate surface area is 228 Å². The second-order valence-electron chi connectivity index (χ2n) is 10.7. The molecule has 0 bridgehead atoms. The highest BCUT2D eigenvalue weighted by atomic mass is 16.5. The van der Waals surface area contributed by atoms with Crippen LogP contribution in [0.2, 0.25) is 0 Å². The third-order valence-corrected chi connectivity index (χ3v) is 7.22. The van der Waals surface area contributed by atoms with Crippen molar-refractivity contribution in [3.05, 3.63) is 83.4 Å². The maximum Gasteiger partial charge on any atom is 0.295 e. The minimum absolute atomic E-state index is 0.0527. The van der Waals surface area contributed by atoms with E-state index in [0.717, 1.165) is 29.7 Å². The molecule has 0 spiro atoms. The van der Waals surface area contributed by atoms with Gasteiger partial charge in [-0.3, -0.25) is 9.59 Å². The van der Waals surface area contributed by atoms with Crippen molar-refractivity contribution >= 4 is 17.4 Å². The standard InChI is InChI=1S/C31H35N3O5/c1-20(2)10-15-38-25-7-4-6-22(18-25)28-27(29(35)23-8-9-26-24(17-23)16-21(3)39-26)30(36)31(37)34(28)13-5-12-33-14-11-32-19-33/h4,6-9,11,14,17-21,28,35H,5,10,12-13,15-16H2,1-3H3/b29-27-. The number of aryl methyl sites for hydroxylation is 1. The van der Waals surface area contributed by atoms with Crippen molar-refractivity contribution in [1.29, 1.82) is 0 Å². The summed E-state index contributed by atoms with van der Waals surface area (Å²) < 4.78 is 13.7. The molecule has 8 heteroatoms. The number of aromatic nitrogens is 2. The van der Waals surface area contributed by atoms with Gasteiger partial charge in [0.2, 0.25) is 0 Å². The Balaban J connectivity index is 1.50. The Morgan fingerprint density at radius 1 is 1.18 bits per heavy atom. The Morgan fingerprint density at radius 2 is 2.03 bits per heavy atom. The van der Waals surface area contributed by atoms with Crippen LogP contribution in [0.4, 0.5) is 0 Å². The molecule has 3 heterocycles. The summed E-state index contributed by atoms with van der Waals surface area (Å²) in [6.45, 7) is 7.84. The number of hydrogen-bond acceptors (Lipinski definition) is 6. The quantitative estimate of drug-likeness (QED) is 0.222. The van der Waals surface area contributed by atoms with Gasteiger partial charge < -0.3 is 24.0 Å². The fourth-order valence-corrected chi connectivity index (χ4v) is 5.21. The van der Waals surface area contributed by atoms with Crippen molar-refractivity contribution in [2.24, 2.45) is 5.92 Å². The van der Waals surface area contributed by atoms with Crippen LogP contribution in [0.1, 0.15) is 56.3 Å². The van der Waals surface area contributed by atoms with Crippen molar-refractivity contribution in [3.8, 4) is 11.5 Å². The van der Waals surface area contributed by atoms with Crippen molar-refractivity contribution in [2.45, 2.75) is 58.7 Å². The average molecular weight is 530 g/mol. The number of carbonyl (C=O) groups is 2. The van der Waals surface area contributed by atoms with Gasteiger partial charge in [-0.15, -0.1) is 0 Å². The third kappa shape index (κ3) is 5.70. The average Bonchev–Trinajstić information content (AvgIpc) is 3.62. The zero-order chi connectivity index (χ0) is 27.5. The van der Waals surface area contributed by atoms with Crippen LogP contribution in [0, 0.1) is 5.92 Å². The molecule has 2 atom stereocenters. The lowest BCUT2D eigenvalue weighted by Crippen LogP contribution is -2.31. The molecule has 0 aliphatic carbocycles. The number of ketones is 1. The number of hydrogen-bond donors (Lipinski definition) is 1. The van der Waals surface area contributed by atoms with Gasteiger partial charge in [0, 0.05) is 37.5 Å². The molecule has 2 aliphatic rings. The van der Waals surface area contributed by atoms with Gasteiger partial charge in [0.15, 0.2) is 0 Å². The number of amides is 1. The van der Waals surface area contributed by atoms with E-state index in [1.54, 1.807) is 23.5 Å². The second kappa shape index (κ2) is 11.4. The van der Waals surface area contributed by atoms with E-state index >= 15 is 0 Å². The van der Waals surface area contributed by atoms with E-state index in [4.69, 9.17) is 9.47 Å². The lowest BCUT2D eigenvalue weighted by molar-refractivity contribution is -0.139. The molecule has 39 heavy (non-hydrogen) atoms. The number of aliphatic hydroxyl groups is 1. The largest absolute Gasteiger partial charge is 0.507 e. The van der Waals surface area contributed by atoms with E-state index < -0.39 is 17.7 Å². The third-order valence-electron chi connectivity index (χ3n) is 7.22. The van der Waals surface area contributed by atoms with Gasteiger partial charge >= 0.3 is 0 Å². The molecule has 1 aromatic heterocycles. The maximum absolute atomic E-state index is 13.4. The van der Waals surface area contributed by atoms with Gasteiger partial charge in [-0.1, -0.05) is 26.0 Å². The number of benzene rings is 2. The molecule has 204 valence electrons. The summed E-state index contributed by atoms with van der Waals surface area (Å²) in [6, 6.07) is 12.1. The Hall–Kier alpha value is -4.07. The predicted molar refractivity (Wildman–Crippen MR) is 147 cm³/mol. The van der Waals surface area contributed by atoms with Gasteiger partial charge in [0.25, 0.3) is 11.7 Å². The van der Waals surface area contributed by atoms with E-state index in [2.05, 4.69) is 18.8 Å². The molecule has 8 nitrogen and oxygen atoms in total. The molecular formula is C31H35N3O5. The SMILES string of the molecule is CC(C)CCOc1cccc(C2/C(=C(/O)c3ccc4c(c3)CC(C)O4)C(=O)C(=O)N2CCCn2ccnc2)c1. The molecule has 2 aliphatic heterocycles. The van der Waals surface area contributed by atoms with Crippen molar-refractivity contribution in [2.75, 3.05) is 13.2 Å². The van der Waals surface area contributed by atoms with E-state index in [1.807, 2.05) is 54.1 Å². The Kier molecular flexibility index (Phi) is 7.72. The highest BCUT2D eigenvalue weighted by Crippen LogP contribution is 2.41. The molecule has 5 rings (SSSR count). The molecule has 1 saturated heterocycles. The smallest absolute Gasteiger partial charge is 0.295 e. The van der Waals surface area contributed by atoms with Crippen LogP contribution in [-0.4, -0.2) is 50.5 Å². The van der Waals surface area contributed by atoms with E-state index in [0.29, 0.717) is 43.3 Å². The number of ether oxygens (including phenoxy) is 2. The van der Waals surface area contributed by atoms with Crippen molar-refractivity contribution in [1.82, 2.24) is 14.5 Å². The summed E-state index contributed by atoms with van der Waals surface area (Å²) in [5.41, 5.74) is 2.28. The van der Waals surface area contributed by atoms with Gasteiger partial charge in [-0.2, -0.15) is 0 Å². The summed E-state index contributed by atoms with van der Waals surface area (Å²) in [6.07, 6.45) is 7.61. The summed E-state index contributed by atoms with van der Waals surface area (Å²) >= 11 is 0. The van der Waals surface area contributed by atoms with Gasteiger partial charge in [0.1, 0.15) is 23.4 Å². The lowest BCUT2D eigenvalue weighted by Gasteiger charge is -2.26. The zero-order valence-corrected chi connectivity index (χ0v) is 22.7. The number of nitrogens with zero attached hydrogens (tertiary/aromatic N) is 3. The maximum atomic E-state index is 13.4. The molecule has 1 fully saturated rings. The fourth-order valence-electron chi connectivity index (χ4n) is 5.21. The number of fused-ring (bicyclic) bond motifs is 1. The van der Waals surface area contributed by atoms with Gasteiger partial charge in [-0.05, 0) is 67.1 Å². The van der Waals surface area contributed by atoms with Crippen LogP contribution >= 0.6 is 0 Å². The highest BCUT2D eigenvalue weighted by Gasteiger charge is 2.46. The molecule has 1 amide bonds. The molecule has 0 radical (unpaired) electrons. The van der Waals surface area contributed by atoms with E-state index in [9.17, 15) is 14.7 Å². The first kappa shape index (κ1) is 26.5. The predicted octanol–water partition coefficient (Wildman–Crippen LogP) is 5.14. The normalized spacial score (nSPS) is 19.9. The Bertz CT molecular complexity index is 1380. The van der Waals surface area contributed by atoms with Crippen LogP contribution < -0.4 is 9.47 Å². The monoisotopic (exact) mass is 529 g/mol. The topological polar surface area (TPSA) is 93.9 Å². The molecule has 0 saturated carbocycles. The number of Topliss-reactive ketones (excluding diaryl/α,β-unsaturated/α-hetero) is 1. The van der Waals surface area contributed by atoms with Crippen LogP contribution in [0.5, 0.6) is 11.5 Å². The first-order valence-corrected chi connectivity index (χ1v) is 13.6. The highest BCUT2D eigenvalue weighted by molar-refractivity contribution is 6.46. The summed E-state index contributed by atoms with van der Waals surface area (Å²) in [5.74, 6) is 0.482. The van der Waals surface area contributed by atoms with Crippen LogP contribution in [0.15, 0.2) is 66.8 Å². The zero-order valence-electron chi connectivity index (χ0n) is 22.7. The molecule has 1 N–H and O–H groups in total. The molecule has 2 unspecified atom stereocenters. The first-order valence-electron chi connectivity index (χ1n) is 13.6. The minimum Gasteiger partial charge on any atom is -0.507 e. The summed E-state index contributed by atoms with van der Waals surface area (Å²) in [4.78, 5) is 32.4. The summed E-state index contributed by atoms with van der Waals surface area (Å²) in [7, 11) is 0. The molecular weight excluding hydrogens is 494 g/mol. The Morgan fingerprint density at radius 3 is 2.79 bits per heavy atom. The first-order chi connectivity index (χ1) is 18.8. The van der Waals surface area contributed by atoms with Gasteiger partial charge in [0.05, 0.1) is 24.5 Å². The molecule has 2 aromatic carbocycles. The number of likely N-dealkylation sites (tertiary alicyclic amines) is 1. The van der Waals surface area contributed by atoms with Gasteiger partial charge in [-0.25, -0.2) is 4.98 Å². The number of carbonyl (C=O) groups excluding carboxylic acids is 2. The van der Waals surface area contributed by atoms with Crippen LogP contribution in [0.25, 0.3) is 5.76 Å². The van der Waals surface area contributed by atoms with Crippen LogP contribution in [-0.2, 0) is 22.6 Å². The van der Waals surface area contributed by atoms with Crippen LogP contribution in [0.3, 0.4) is 0 Å². The van der Waals surface area contributed by atoms with Crippen molar-refractivity contribution < 1.29 is 24.2 Å². The lowest BCUT2D eigenvalue weighted by atomic mass is 9.94. The van der Waals surface area contributed by atoms with E-state index in [1.165, 1.54) is 0 Å². The summed E-state index contributed by atoms with van der Waals surface area (Å²) in [5, 5.41) is 11.5. The van der Waals surface area contributed by atoms with E-state index in [-0.39, 0.29) is 17.4 Å². The number of aliphatic hydroxyl groups excluding tert-OH is 1. The second-order valence-corrected chi connectivity index (χ2v) is 10.7. The molecule has 3 aromatic rings. The number of imidazole rings is 1. The van der Waals surface area contributed by atoms with Crippen molar-refractivity contribution in [3.63, 3.8) is 0 Å². The fraction of sp³-hybridized carbons (Fsp3) is 0.387. The minimum atomic E-state index is -0.732.